The quantitative estimate of drug-likeness (QED) is 0.202. The molecule has 270 valence electrons. The van der Waals surface area contributed by atoms with Crippen LogP contribution in [0.4, 0.5) is 16.2 Å². The highest BCUT2D eigenvalue weighted by molar-refractivity contribution is 6.02. The van der Waals surface area contributed by atoms with Crippen LogP contribution in [0.25, 0.3) is 0 Å². The first-order chi connectivity index (χ1) is 24.0. The van der Waals surface area contributed by atoms with Gasteiger partial charge in [0.1, 0.15) is 11.5 Å². The summed E-state index contributed by atoms with van der Waals surface area (Å²) < 4.78 is 17.9. The molecular weight excluding hydrogens is 640 g/mol. The van der Waals surface area contributed by atoms with E-state index in [1.165, 1.54) is 0 Å². The fourth-order valence-corrected chi connectivity index (χ4v) is 5.87. The number of nitrogens with zero attached hydrogens (tertiary/aromatic N) is 2. The molecule has 0 radical (unpaired) electrons. The van der Waals surface area contributed by atoms with Crippen molar-refractivity contribution in [3.8, 4) is 11.5 Å². The number of benzene rings is 3. The molecule has 0 fully saturated rings. The lowest BCUT2D eigenvalue weighted by atomic mass is 10.0. The molecule has 0 spiro atoms. The summed E-state index contributed by atoms with van der Waals surface area (Å²) >= 11 is 0. The molecule has 12 nitrogen and oxygen atoms in total. The zero-order valence-electron chi connectivity index (χ0n) is 29.6. The van der Waals surface area contributed by atoms with E-state index in [0.717, 1.165) is 24.8 Å². The molecule has 0 saturated heterocycles. The summed E-state index contributed by atoms with van der Waals surface area (Å²) in [4.78, 5) is 42.3. The Labute approximate surface area is 294 Å². The number of likely N-dealkylation sites (N-methyl/N-ethyl adjacent to an activating group) is 1. The number of aliphatic hydroxyl groups is 1. The highest BCUT2D eigenvalue weighted by Crippen LogP contribution is 2.29. The van der Waals surface area contributed by atoms with Gasteiger partial charge >= 0.3 is 12.0 Å². The van der Waals surface area contributed by atoms with E-state index in [1.807, 2.05) is 33.0 Å². The number of fused-ring (bicyclic) bond motifs is 1. The molecule has 0 saturated carbocycles. The van der Waals surface area contributed by atoms with Crippen molar-refractivity contribution < 1.29 is 38.8 Å². The summed E-state index contributed by atoms with van der Waals surface area (Å²) in [5.74, 6) is -0.338. The van der Waals surface area contributed by atoms with Crippen LogP contribution in [0.2, 0.25) is 0 Å². The Kier molecular flexibility index (Phi) is 14.0. The minimum absolute atomic E-state index is 0.118. The Balaban J connectivity index is 1.56. The van der Waals surface area contributed by atoms with Crippen LogP contribution in [-0.4, -0.2) is 96.6 Å². The van der Waals surface area contributed by atoms with Crippen molar-refractivity contribution in [1.82, 2.24) is 9.80 Å². The zero-order chi connectivity index (χ0) is 36.2. The van der Waals surface area contributed by atoms with Crippen LogP contribution in [-0.2, 0) is 11.3 Å². The van der Waals surface area contributed by atoms with Crippen molar-refractivity contribution in [3.63, 3.8) is 0 Å². The molecule has 3 aromatic carbocycles. The van der Waals surface area contributed by atoms with E-state index in [1.54, 1.807) is 73.5 Å². The summed E-state index contributed by atoms with van der Waals surface area (Å²) in [5, 5.41) is 25.1. The molecule has 3 amide bonds. The standard InChI is InChI=1S/C38H50N4O8/c1-25-21-42(26(2)24-43)36(44)33-20-31(40-38(47)39-30-13-16-32(48-5)17-14-30)15-18-34(33)50-27(3)8-6-7-19-49-35(25)23-41(4)22-28-9-11-29(12-10-28)37(45)46/h9-18,20,25-27,35,43H,6-8,19,21-24H2,1-5H3,(H,45,46)(H2,39,40,47)/t25-,26-,27-,35+/m0/s1. The second kappa shape index (κ2) is 18.4. The van der Waals surface area contributed by atoms with Gasteiger partial charge in [-0.2, -0.15) is 0 Å². The van der Waals surface area contributed by atoms with Crippen molar-refractivity contribution in [2.75, 3.05) is 51.1 Å². The maximum absolute atomic E-state index is 14.4. The molecule has 0 aromatic heterocycles. The van der Waals surface area contributed by atoms with Gasteiger partial charge in [0.25, 0.3) is 5.91 Å². The molecule has 0 bridgehead atoms. The Bertz CT molecular complexity index is 1570. The second-order valence-electron chi connectivity index (χ2n) is 13.0. The Morgan fingerprint density at radius 3 is 2.36 bits per heavy atom. The summed E-state index contributed by atoms with van der Waals surface area (Å²) in [6.07, 6.45) is 2.05. The average molecular weight is 691 g/mol. The minimum atomic E-state index is -0.964. The molecule has 50 heavy (non-hydrogen) atoms. The molecule has 0 aliphatic carbocycles. The number of ether oxygens (including phenoxy) is 3. The monoisotopic (exact) mass is 690 g/mol. The number of nitrogens with one attached hydrogen (secondary N) is 2. The van der Waals surface area contributed by atoms with Crippen LogP contribution in [0.5, 0.6) is 11.5 Å². The van der Waals surface area contributed by atoms with Gasteiger partial charge in [0.15, 0.2) is 0 Å². The van der Waals surface area contributed by atoms with Crippen LogP contribution in [0.3, 0.4) is 0 Å². The number of anilines is 2. The van der Waals surface area contributed by atoms with Crippen molar-refractivity contribution in [3.05, 3.63) is 83.4 Å². The van der Waals surface area contributed by atoms with Gasteiger partial charge in [-0.25, -0.2) is 9.59 Å². The molecule has 0 unspecified atom stereocenters. The summed E-state index contributed by atoms with van der Waals surface area (Å²) in [6, 6.07) is 17.8. The van der Waals surface area contributed by atoms with E-state index in [4.69, 9.17) is 14.2 Å². The summed E-state index contributed by atoms with van der Waals surface area (Å²) in [5.41, 5.74) is 2.48. The van der Waals surface area contributed by atoms with Gasteiger partial charge in [0.2, 0.25) is 0 Å². The van der Waals surface area contributed by atoms with Crippen molar-refractivity contribution in [2.24, 2.45) is 5.92 Å². The number of aliphatic hydroxyl groups excluding tert-OH is 1. The number of rotatable bonds is 10. The fraction of sp³-hybridized carbons (Fsp3) is 0.447. The largest absolute Gasteiger partial charge is 0.497 e. The van der Waals surface area contributed by atoms with Crippen LogP contribution >= 0.6 is 0 Å². The highest BCUT2D eigenvalue weighted by atomic mass is 16.5. The number of urea groups is 1. The van der Waals surface area contributed by atoms with Crippen LogP contribution in [0.1, 0.15) is 66.3 Å². The van der Waals surface area contributed by atoms with Crippen LogP contribution < -0.4 is 20.1 Å². The van der Waals surface area contributed by atoms with E-state index in [-0.39, 0.29) is 41.8 Å². The van der Waals surface area contributed by atoms with E-state index in [9.17, 15) is 24.6 Å². The number of hydrogen-bond donors (Lipinski definition) is 4. The van der Waals surface area contributed by atoms with Gasteiger partial charge in [0.05, 0.1) is 43.1 Å². The number of amides is 3. The Morgan fingerprint density at radius 1 is 1.02 bits per heavy atom. The van der Waals surface area contributed by atoms with E-state index in [2.05, 4.69) is 15.5 Å². The lowest BCUT2D eigenvalue weighted by Crippen LogP contribution is -2.47. The third-order valence-corrected chi connectivity index (χ3v) is 8.80. The number of carboxylic acid groups (broad SMARTS) is 1. The molecule has 4 rings (SSSR count). The van der Waals surface area contributed by atoms with Crippen molar-refractivity contribution >= 4 is 29.3 Å². The maximum Gasteiger partial charge on any atom is 0.335 e. The molecular formula is C38H50N4O8. The predicted octanol–water partition coefficient (Wildman–Crippen LogP) is 5.96. The number of carboxylic acids is 1. The maximum atomic E-state index is 14.4. The lowest BCUT2D eigenvalue weighted by molar-refractivity contribution is -0.0177. The van der Waals surface area contributed by atoms with Gasteiger partial charge in [-0.1, -0.05) is 19.1 Å². The van der Waals surface area contributed by atoms with E-state index in [0.29, 0.717) is 49.1 Å². The van der Waals surface area contributed by atoms with Gasteiger partial charge in [-0.05, 0) is 100 Å². The fourth-order valence-electron chi connectivity index (χ4n) is 5.87. The van der Waals surface area contributed by atoms with Crippen LogP contribution in [0, 0.1) is 5.92 Å². The first kappa shape index (κ1) is 38.2. The average Bonchev–Trinajstić information content (AvgIpc) is 3.10. The predicted molar refractivity (Wildman–Crippen MR) is 192 cm³/mol. The molecule has 1 heterocycles. The second-order valence-corrected chi connectivity index (χ2v) is 13.0. The van der Waals surface area contributed by atoms with Crippen molar-refractivity contribution in [1.29, 1.82) is 0 Å². The van der Waals surface area contributed by atoms with Crippen LogP contribution in [0.15, 0.2) is 66.7 Å². The minimum Gasteiger partial charge on any atom is -0.497 e. The van der Waals surface area contributed by atoms with E-state index < -0.39 is 18.0 Å². The number of aromatic carboxylic acids is 1. The molecule has 4 N–H and O–H groups in total. The zero-order valence-corrected chi connectivity index (χ0v) is 29.6. The normalized spacial score (nSPS) is 19.5. The SMILES string of the molecule is COc1ccc(NC(=O)Nc2ccc3c(c2)C(=O)N([C@@H](C)CO)C[C@H](C)[C@@H](CN(C)Cc2ccc(C(=O)O)cc2)OCCCC[C@H](C)O3)cc1. The smallest absolute Gasteiger partial charge is 0.335 e. The van der Waals surface area contributed by atoms with Crippen molar-refractivity contribution in [2.45, 2.75) is 64.8 Å². The summed E-state index contributed by atoms with van der Waals surface area (Å²) in [6.45, 7) is 7.57. The van der Waals surface area contributed by atoms with Gasteiger partial charge in [-0.3, -0.25) is 9.69 Å². The first-order valence-electron chi connectivity index (χ1n) is 17.0. The number of carbonyl (C=O) groups is 3. The number of carbonyl (C=O) groups excluding carboxylic acids is 2. The first-order valence-corrected chi connectivity index (χ1v) is 17.0. The lowest BCUT2D eigenvalue weighted by Gasteiger charge is -2.36. The molecule has 12 heteroatoms. The van der Waals surface area contributed by atoms with Gasteiger partial charge in [0, 0.05) is 43.5 Å². The van der Waals surface area contributed by atoms with Gasteiger partial charge in [-0.15, -0.1) is 0 Å². The third kappa shape index (κ3) is 10.9. The Hall–Kier alpha value is -4.65. The molecule has 1 aliphatic rings. The molecule has 4 atom stereocenters. The van der Waals surface area contributed by atoms with E-state index >= 15 is 0 Å². The van der Waals surface area contributed by atoms with Gasteiger partial charge < -0.3 is 40.0 Å². The molecule has 3 aromatic rings. The highest BCUT2D eigenvalue weighted by Gasteiger charge is 2.30. The molecule has 1 aliphatic heterocycles. The third-order valence-electron chi connectivity index (χ3n) is 8.80. The number of methoxy groups -OCH3 is 1. The number of hydrogen-bond acceptors (Lipinski definition) is 8. The Morgan fingerprint density at radius 2 is 1.70 bits per heavy atom. The summed E-state index contributed by atoms with van der Waals surface area (Å²) in [7, 11) is 3.56. The topological polar surface area (TPSA) is 150 Å².